The maximum absolute atomic E-state index is 12.1. The third-order valence-electron chi connectivity index (χ3n) is 4.70. The van der Waals surface area contributed by atoms with E-state index in [1.165, 1.54) is 31.7 Å². The van der Waals surface area contributed by atoms with Gasteiger partial charge in [0.05, 0.1) is 11.5 Å². The third-order valence-corrected chi connectivity index (χ3v) is 4.70. The van der Waals surface area contributed by atoms with Crippen molar-refractivity contribution in [3.05, 3.63) is 33.9 Å². The minimum Gasteiger partial charge on any atom is -0.376 e. The summed E-state index contributed by atoms with van der Waals surface area (Å²) in [5, 5.41) is 17.2. The highest BCUT2D eigenvalue weighted by Gasteiger charge is 2.42. The number of hydrogen-bond donors (Lipinski definition) is 2. The number of nitrogens with zero attached hydrogens (tertiary/aromatic N) is 1. The molecule has 0 radical (unpaired) electrons. The smallest absolute Gasteiger partial charge is 0.274 e. The lowest BCUT2D eigenvalue weighted by atomic mass is 10.1. The van der Waals surface area contributed by atoms with Gasteiger partial charge in [-0.2, -0.15) is 0 Å². The number of carbonyl (C=O) groups excluding carboxylic acids is 1. The lowest BCUT2D eigenvalue weighted by Crippen LogP contribution is -2.41. The van der Waals surface area contributed by atoms with E-state index in [2.05, 4.69) is 10.6 Å². The van der Waals surface area contributed by atoms with Gasteiger partial charge in [0.15, 0.2) is 0 Å². The average Bonchev–Trinajstić information content (AvgIpc) is 3.42. The lowest BCUT2D eigenvalue weighted by Gasteiger charge is -2.18. The number of aryl methyl sites for hydroxylation is 1. The molecular weight excluding hydrogens is 294 g/mol. The van der Waals surface area contributed by atoms with E-state index >= 15 is 0 Å². The quantitative estimate of drug-likeness (QED) is 0.570. The Morgan fingerprint density at radius 1 is 1.30 bits per heavy atom. The molecule has 0 saturated heterocycles. The van der Waals surface area contributed by atoms with Crippen molar-refractivity contribution in [3.8, 4) is 0 Å². The first-order valence-corrected chi connectivity index (χ1v) is 8.39. The molecule has 23 heavy (non-hydrogen) atoms. The Kier molecular flexibility index (Phi) is 4.50. The van der Waals surface area contributed by atoms with Crippen LogP contribution in [0.5, 0.6) is 0 Å². The second-order valence-electron chi connectivity index (χ2n) is 6.58. The normalized spacial score (nSPS) is 17.1. The van der Waals surface area contributed by atoms with E-state index in [-0.39, 0.29) is 23.1 Å². The Labute approximate surface area is 135 Å². The fraction of sp³-hybridized carbons (Fsp3) is 0.588. The van der Waals surface area contributed by atoms with Crippen LogP contribution in [-0.4, -0.2) is 23.4 Å². The molecule has 2 aliphatic rings. The van der Waals surface area contributed by atoms with Crippen molar-refractivity contribution in [2.45, 2.75) is 45.1 Å². The van der Waals surface area contributed by atoms with E-state index in [4.69, 9.17) is 0 Å². The van der Waals surface area contributed by atoms with Crippen LogP contribution in [-0.2, 0) is 11.2 Å². The molecular formula is C17H23N3O3. The van der Waals surface area contributed by atoms with Crippen molar-refractivity contribution < 1.29 is 9.72 Å². The molecule has 2 fully saturated rings. The summed E-state index contributed by atoms with van der Waals surface area (Å²) in [6.45, 7) is 2.04. The molecule has 1 aromatic carbocycles. The van der Waals surface area contributed by atoms with E-state index in [0.29, 0.717) is 35.5 Å². The molecule has 1 aromatic rings. The van der Waals surface area contributed by atoms with Gasteiger partial charge in [-0.25, -0.2) is 0 Å². The summed E-state index contributed by atoms with van der Waals surface area (Å²) in [5.41, 5.74) is 1.41. The molecule has 0 aromatic heterocycles. The Bertz CT molecular complexity index is 597. The molecule has 124 valence electrons. The third kappa shape index (κ3) is 4.00. The van der Waals surface area contributed by atoms with Crippen LogP contribution in [0.2, 0.25) is 0 Å². The number of rotatable bonds is 8. The van der Waals surface area contributed by atoms with Crippen LogP contribution < -0.4 is 10.6 Å². The first-order valence-electron chi connectivity index (χ1n) is 8.39. The second-order valence-corrected chi connectivity index (χ2v) is 6.58. The predicted molar refractivity (Wildman–Crippen MR) is 88.3 cm³/mol. The van der Waals surface area contributed by atoms with Crippen LogP contribution >= 0.6 is 0 Å². The van der Waals surface area contributed by atoms with Gasteiger partial charge in [0.2, 0.25) is 5.91 Å². The molecule has 0 unspecified atom stereocenters. The van der Waals surface area contributed by atoms with Crippen LogP contribution in [0.15, 0.2) is 18.2 Å². The Hall–Kier alpha value is -2.11. The van der Waals surface area contributed by atoms with Crippen LogP contribution in [0.1, 0.15) is 38.2 Å². The van der Waals surface area contributed by atoms with Gasteiger partial charge in [-0.15, -0.1) is 0 Å². The molecule has 3 rings (SSSR count). The number of nitro benzene ring substituents is 1. The van der Waals surface area contributed by atoms with Gasteiger partial charge in [-0.3, -0.25) is 14.9 Å². The number of benzene rings is 1. The van der Waals surface area contributed by atoms with Gasteiger partial charge >= 0.3 is 0 Å². The maximum atomic E-state index is 12.1. The highest BCUT2D eigenvalue weighted by atomic mass is 16.6. The molecule has 2 N–H and O–H groups in total. The number of carbonyl (C=O) groups is 1. The first-order chi connectivity index (χ1) is 11.1. The number of amides is 1. The zero-order valence-corrected chi connectivity index (χ0v) is 13.4. The summed E-state index contributed by atoms with van der Waals surface area (Å²) in [6.07, 6.45) is 5.50. The monoisotopic (exact) mass is 317 g/mol. The summed E-state index contributed by atoms with van der Waals surface area (Å²) < 4.78 is 0. The van der Waals surface area contributed by atoms with Crippen molar-refractivity contribution in [1.82, 2.24) is 5.32 Å². The van der Waals surface area contributed by atoms with Gasteiger partial charge in [0.1, 0.15) is 0 Å². The molecule has 2 saturated carbocycles. The second kappa shape index (κ2) is 6.56. The Morgan fingerprint density at radius 3 is 2.48 bits per heavy atom. The minimum absolute atomic E-state index is 0.0315. The minimum atomic E-state index is -0.375. The van der Waals surface area contributed by atoms with Gasteiger partial charge < -0.3 is 10.6 Å². The topological polar surface area (TPSA) is 84.3 Å². The van der Waals surface area contributed by atoms with Crippen molar-refractivity contribution in [2.75, 3.05) is 11.9 Å². The SMILES string of the molecule is CCc1ccc(NCC(=O)NC(C2CC2)C2CC2)cc1[N+](=O)[O-]. The summed E-state index contributed by atoms with van der Waals surface area (Å²) >= 11 is 0. The van der Waals surface area contributed by atoms with Gasteiger partial charge in [0, 0.05) is 23.4 Å². The van der Waals surface area contributed by atoms with E-state index in [9.17, 15) is 14.9 Å². The highest BCUT2D eigenvalue weighted by molar-refractivity contribution is 5.81. The Morgan fingerprint density at radius 2 is 1.96 bits per heavy atom. The largest absolute Gasteiger partial charge is 0.376 e. The zero-order chi connectivity index (χ0) is 16.4. The number of nitrogens with one attached hydrogen (secondary N) is 2. The molecule has 6 heteroatoms. The summed E-state index contributed by atoms with van der Waals surface area (Å²) in [7, 11) is 0. The molecule has 0 bridgehead atoms. The molecule has 2 aliphatic carbocycles. The van der Waals surface area contributed by atoms with Gasteiger partial charge in [-0.05, 0) is 50.0 Å². The molecule has 0 heterocycles. The standard InChI is InChI=1S/C17H23N3O3/c1-2-11-7-8-14(9-15(11)20(22)23)18-10-16(21)19-17(12-3-4-12)13-5-6-13/h7-9,12-13,17-18H,2-6,10H2,1H3,(H,19,21). The fourth-order valence-electron chi connectivity index (χ4n) is 3.09. The molecule has 6 nitrogen and oxygen atoms in total. The van der Waals surface area contributed by atoms with E-state index < -0.39 is 0 Å². The molecule has 0 aliphatic heterocycles. The molecule has 0 atom stereocenters. The van der Waals surface area contributed by atoms with Crippen molar-refractivity contribution in [2.24, 2.45) is 11.8 Å². The van der Waals surface area contributed by atoms with Crippen molar-refractivity contribution >= 4 is 17.3 Å². The van der Waals surface area contributed by atoms with Crippen LogP contribution in [0, 0.1) is 22.0 Å². The Balaban J connectivity index is 1.56. The van der Waals surface area contributed by atoms with Crippen LogP contribution in [0.4, 0.5) is 11.4 Å². The van der Waals surface area contributed by atoms with Crippen molar-refractivity contribution in [3.63, 3.8) is 0 Å². The van der Waals surface area contributed by atoms with E-state index in [0.717, 1.165) is 0 Å². The fourth-order valence-corrected chi connectivity index (χ4v) is 3.09. The van der Waals surface area contributed by atoms with Gasteiger partial charge in [-0.1, -0.05) is 13.0 Å². The van der Waals surface area contributed by atoms with Gasteiger partial charge in [0.25, 0.3) is 5.69 Å². The summed E-state index contributed by atoms with van der Waals surface area (Å²) in [6, 6.07) is 5.38. The molecule has 1 amide bonds. The number of nitro groups is 1. The van der Waals surface area contributed by atoms with Crippen LogP contribution in [0.25, 0.3) is 0 Å². The zero-order valence-electron chi connectivity index (χ0n) is 13.4. The van der Waals surface area contributed by atoms with Crippen molar-refractivity contribution in [1.29, 1.82) is 0 Å². The average molecular weight is 317 g/mol. The van der Waals surface area contributed by atoms with E-state index in [1.807, 2.05) is 6.92 Å². The van der Waals surface area contributed by atoms with Crippen LogP contribution in [0.3, 0.4) is 0 Å². The summed E-state index contributed by atoms with van der Waals surface area (Å²) in [5.74, 6) is 1.30. The highest BCUT2D eigenvalue weighted by Crippen LogP contribution is 2.44. The van der Waals surface area contributed by atoms with E-state index in [1.54, 1.807) is 12.1 Å². The summed E-state index contributed by atoms with van der Waals surface area (Å²) in [4.78, 5) is 22.8. The number of anilines is 1. The predicted octanol–water partition coefficient (Wildman–Crippen LogP) is 2.87. The number of hydrogen-bond acceptors (Lipinski definition) is 4. The molecule has 0 spiro atoms. The maximum Gasteiger partial charge on any atom is 0.274 e. The lowest BCUT2D eigenvalue weighted by molar-refractivity contribution is -0.385. The first kappa shape index (κ1) is 15.8.